The van der Waals surface area contributed by atoms with Crippen LogP contribution >= 0.6 is 0 Å². The molecule has 0 amide bonds. The van der Waals surface area contributed by atoms with Crippen molar-refractivity contribution in [3.8, 4) is 5.75 Å². The fourth-order valence-corrected chi connectivity index (χ4v) is 2.44. The molecular formula is C13H23N3O3S. The maximum Gasteiger partial charge on any atom is 0.154 e. The molecule has 1 atom stereocenters. The lowest BCUT2D eigenvalue weighted by Crippen LogP contribution is -2.47. The summed E-state index contributed by atoms with van der Waals surface area (Å²) < 4.78 is 28.3. The molecule has 0 saturated carbocycles. The molecule has 7 heteroatoms. The number of sulfone groups is 1. The lowest BCUT2D eigenvalue weighted by Gasteiger charge is -2.32. The molecule has 1 unspecified atom stereocenters. The Kier molecular flexibility index (Phi) is 5.50. The first kappa shape index (κ1) is 16.9. The molecular weight excluding hydrogens is 278 g/mol. The second-order valence-electron chi connectivity index (χ2n) is 5.28. The van der Waals surface area contributed by atoms with Crippen molar-refractivity contribution in [3.05, 3.63) is 24.0 Å². The first-order chi connectivity index (χ1) is 9.24. The number of pyridine rings is 1. The number of nitrogens with two attached hydrogens (primary N) is 1. The second-order valence-corrected chi connectivity index (χ2v) is 7.87. The summed E-state index contributed by atoms with van der Waals surface area (Å²) in [6, 6.07) is 1.19. The first-order valence-electron chi connectivity index (χ1n) is 6.47. The Morgan fingerprint density at radius 2 is 2.10 bits per heavy atom. The van der Waals surface area contributed by atoms with Crippen molar-refractivity contribution in [1.82, 2.24) is 10.4 Å². The highest BCUT2D eigenvalue weighted by atomic mass is 32.2. The fraction of sp³-hybridized carbons (Fsp3) is 0.615. The molecule has 1 aromatic rings. The number of nitrogens with zero attached hydrogens (tertiary/aromatic N) is 1. The Balaban J connectivity index is 3.13. The van der Waals surface area contributed by atoms with E-state index in [0.29, 0.717) is 17.9 Å². The van der Waals surface area contributed by atoms with E-state index >= 15 is 0 Å². The van der Waals surface area contributed by atoms with Crippen LogP contribution in [0.15, 0.2) is 18.5 Å². The van der Waals surface area contributed by atoms with Gasteiger partial charge in [-0.05, 0) is 31.9 Å². The van der Waals surface area contributed by atoms with Crippen LogP contribution in [-0.2, 0) is 9.84 Å². The topological polar surface area (TPSA) is 94.3 Å². The highest BCUT2D eigenvalue weighted by Crippen LogP contribution is 2.32. The summed E-state index contributed by atoms with van der Waals surface area (Å²) in [6.45, 7) is 5.86. The smallest absolute Gasteiger partial charge is 0.154 e. The molecule has 1 rings (SSSR count). The van der Waals surface area contributed by atoms with E-state index in [4.69, 9.17) is 10.6 Å². The van der Waals surface area contributed by atoms with Gasteiger partial charge < -0.3 is 4.74 Å². The van der Waals surface area contributed by atoms with Crippen LogP contribution in [0.2, 0.25) is 0 Å². The van der Waals surface area contributed by atoms with Gasteiger partial charge in [0.15, 0.2) is 9.84 Å². The number of nitrogens with one attached hydrogen (secondary N) is 1. The van der Waals surface area contributed by atoms with Crippen LogP contribution in [0.4, 0.5) is 0 Å². The van der Waals surface area contributed by atoms with Crippen LogP contribution in [0.3, 0.4) is 0 Å². The van der Waals surface area contributed by atoms with E-state index in [1.54, 1.807) is 32.3 Å². The summed E-state index contributed by atoms with van der Waals surface area (Å²) in [5.41, 5.74) is 3.25. The Hall–Kier alpha value is -1.18. The second kappa shape index (κ2) is 6.51. The van der Waals surface area contributed by atoms with Gasteiger partial charge in [-0.25, -0.2) is 8.42 Å². The van der Waals surface area contributed by atoms with Crippen LogP contribution in [0.25, 0.3) is 0 Å². The third-order valence-electron chi connectivity index (χ3n) is 3.36. The quantitative estimate of drug-likeness (QED) is 0.580. The predicted octanol–water partition coefficient (Wildman–Crippen LogP) is 1.20. The van der Waals surface area contributed by atoms with Gasteiger partial charge in [-0.1, -0.05) is 6.92 Å². The average molecular weight is 301 g/mol. The number of ether oxygens (including phenoxy) is 1. The van der Waals surface area contributed by atoms with E-state index in [2.05, 4.69) is 10.4 Å². The first-order valence-corrected chi connectivity index (χ1v) is 8.36. The highest BCUT2D eigenvalue weighted by Gasteiger charge is 2.39. The fourth-order valence-electron chi connectivity index (χ4n) is 1.80. The lowest BCUT2D eigenvalue weighted by molar-refractivity contribution is 0.314. The molecule has 6 nitrogen and oxygen atoms in total. The van der Waals surface area contributed by atoms with E-state index in [-0.39, 0.29) is 0 Å². The average Bonchev–Trinajstić information content (AvgIpc) is 2.36. The predicted molar refractivity (Wildman–Crippen MR) is 79.0 cm³/mol. The van der Waals surface area contributed by atoms with E-state index in [9.17, 15) is 8.42 Å². The summed E-state index contributed by atoms with van der Waals surface area (Å²) in [7, 11) is -3.30. The van der Waals surface area contributed by atoms with E-state index in [0.717, 1.165) is 6.42 Å². The Labute approximate surface area is 120 Å². The molecule has 0 aliphatic carbocycles. The normalized spacial score (nSPS) is 14.1. The number of hydrogen-bond acceptors (Lipinski definition) is 6. The van der Waals surface area contributed by atoms with Gasteiger partial charge in [0.25, 0.3) is 0 Å². The van der Waals surface area contributed by atoms with Gasteiger partial charge in [-0.3, -0.25) is 16.3 Å². The van der Waals surface area contributed by atoms with Gasteiger partial charge in [-0.2, -0.15) is 0 Å². The zero-order chi connectivity index (χ0) is 15.4. The number of hydrazine groups is 1. The number of rotatable bonds is 7. The molecule has 0 spiro atoms. The molecule has 0 aliphatic rings. The van der Waals surface area contributed by atoms with E-state index < -0.39 is 20.6 Å². The van der Waals surface area contributed by atoms with Gasteiger partial charge in [0.05, 0.1) is 23.6 Å². The van der Waals surface area contributed by atoms with Gasteiger partial charge in [0, 0.05) is 12.5 Å². The molecule has 1 heterocycles. The molecule has 0 saturated heterocycles. The molecule has 114 valence electrons. The molecule has 3 N–H and O–H groups in total. The standard InChI is InChI=1S/C13H23N3O3S/c1-5-6-19-11-7-10(8-15-9-11)12(16-14)13(2,3)20(4,17)18/h7-9,12,16H,5-6,14H2,1-4H3. The molecule has 0 aromatic carbocycles. The van der Waals surface area contributed by atoms with Gasteiger partial charge in [0.1, 0.15) is 5.75 Å². The number of hydrogen-bond donors (Lipinski definition) is 2. The molecule has 1 aromatic heterocycles. The van der Waals surface area contributed by atoms with Crippen LogP contribution < -0.4 is 16.0 Å². The molecule has 0 bridgehead atoms. The summed E-state index contributed by atoms with van der Waals surface area (Å²) >= 11 is 0. The van der Waals surface area contributed by atoms with Crippen molar-refractivity contribution < 1.29 is 13.2 Å². The van der Waals surface area contributed by atoms with Gasteiger partial charge in [-0.15, -0.1) is 0 Å². The van der Waals surface area contributed by atoms with Gasteiger partial charge >= 0.3 is 0 Å². The molecule has 0 aliphatic heterocycles. The zero-order valence-corrected chi connectivity index (χ0v) is 13.2. The van der Waals surface area contributed by atoms with Crippen molar-refractivity contribution in [2.45, 2.75) is 38.0 Å². The van der Waals surface area contributed by atoms with Crippen molar-refractivity contribution in [3.63, 3.8) is 0 Å². The van der Waals surface area contributed by atoms with Crippen LogP contribution in [0.5, 0.6) is 5.75 Å². The largest absolute Gasteiger partial charge is 0.492 e. The summed E-state index contributed by atoms with van der Waals surface area (Å²) in [4.78, 5) is 4.09. The monoisotopic (exact) mass is 301 g/mol. The van der Waals surface area contributed by atoms with E-state index in [1.807, 2.05) is 6.92 Å². The van der Waals surface area contributed by atoms with Crippen molar-refractivity contribution >= 4 is 9.84 Å². The minimum Gasteiger partial charge on any atom is -0.492 e. The van der Waals surface area contributed by atoms with Crippen molar-refractivity contribution in [2.24, 2.45) is 5.84 Å². The molecule has 0 radical (unpaired) electrons. The number of aromatic nitrogens is 1. The Morgan fingerprint density at radius 3 is 2.60 bits per heavy atom. The van der Waals surface area contributed by atoms with Crippen molar-refractivity contribution in [2.75, 3.05) is 12.9 Å². The molecule has 0 fully saturated rings. The van der Waals surface area contributed by atoms with Crippen molar-refractivity contribution in [1.29, 1.82) is 0 Å². The zero-order valence-electron chi connectivity index (χ0n) is 12.4. The van der Waals surface area contributed by atoms with Crippen LogP contribution in [0, 0.1) is 0 Å². The maximum absolute atomic E-state index is 11.9. The minimum atomic E-state index is -3.30. The summed E-state index contributed by atoms with van der Waals surface area (Å²) in [6.07, 6.45) is 5.27. The SMILES string of the molecule is CCCOc1cncc(C(NN)C(C)(C)S(C)(=O)=O)c1. The summed E-state index contributed by atoms with van der Waals surface area (Å²) in [5.74, 6) is 6.16. The Bertz CT molecular complexity index is 544. The van der Waals surface area contributed by atoms with Crippen LogP contribution in [-0.4, -0.2) is 31.0 Å². The van der Waals surface area contributed by atoms with Crippen LogP contribution in [0.1, 0.15) is 38.8 Å². The highest BCUT2D eigenvalue weighted by molar-refractivity contribution is 7.92. The molecule has 20 heavy (non-hydrogen) atoms. The maximum atomic E-state index is 11.9. The third kappa shape index (κ3) is 3.68. The minimum absolute atomic E-state index is 0.574. The summed E-state index contributed by atoms with van der Waals surface area (Å²) in [5, 5.41) is 0. The Morgan fingerprint density at radius 1 is 1.45 bits per heavy atom. The van der Waals surface area contributed by atoms with Gasteiger partial charge in [0.2, 0.25) is 0 Å². The lowest BCUT2D eigenvalue weighted by atomic mass is 9.97. The third-order valence-corrected chi connectivity index (χ3v) is 5.51. The van der Waals surface area contributed by atoms with E-state index in [1.165, 1.54) is 6.26 Å².